The first kappa shape index (κ1) is 15.6. The molecule has 4 heteroatoms. The van der Waals surface area contributed by atoms with Crippen molar-refractivity contribution >= 4 is 17.7 Å². The first-order valence-electron chi connectivity index (χ1n) is 6.83. The Bertz CT molecular complexity index is 596. The summed E-state index contributed by atoms with van der Waals surface area (Å²) >= 11 is 1.55. The van der Waals surface area contributed by atoms with Gasteiger partial charge in [0.25, 0.3) is 0 Å². The molecule has 21 heavy (non-hydrogen) atoms. The minimum Gasteiger partial charge on any atom is -0.392 e. The van der Waals surface area contributed by atoms with Crippen molar-refractivity contribution < 1.29 is 9.90 Å². The summed E-state index contributed by atoms with van der Waals surface area (Å²) in [5, 5.41) is 11.9. The van der Waals surface area contributed by atoms with Crippen LogP contribution in [0.25, 0.3) is 0 Å². The molecule has 0 aromatic heterocycles. The number of aryl methyl sites for hydroxylation is 1. The zero-order valence-electron chi connectivity index (χ0n) is 12.0. The number of carbonyl (C=O) groups is 1. The van der Waals surface area contributed by atoms with Gasteiger partial charge in [0.2, 0.25) is 5.91 Å². The normalized spacial score (nSPS) is 10.4. The lowest BCUT2D eigenvalue weighted by atomic mass is 10.1. The van der Waals surface area contributed by atoms with Crippen LogP contribution in [0.2, 0.25) is 0 Å². The van der Waals surface area contributed by atoms with E-state index in [0.29, 0.717) is 12.3 Å². The lowest BCUT2D eigenvalue weighted by molar-refractivity contribution is -0.118. The molecule has 0 spiro atoms. The summed E-state index contributed by atoms with van der Waals surface area (Å²) in [6.45, 7) is 2.60. The van der Waals surface area contributed by atoms with Gasteiger partial charge in [-0.05, 0) is 29.7 Å². The predicted octanol–water partition coefficient (Wildman–Crippen LogP) is 2.90. The highest BCUT2D eigenvalue weighted by molar-refractivity contribution is 8.00. The largest absolute Gasteiger partial charge is 0.392 e. The van der Waals surface area contributed by atoms with Crippen molar-refractivity contribution in [2.75, 3.05) is 5.75 Å². The van der Waals surface area contributed by atoms with Crippen LogP contribution in [0.1, 0.15) is 16.7 Å². The molecule has 0 fully saturated rings. The first-order valence-corrected chi connectivity index (χ1v) is 7.81. The number of hydrogen-bond acceptors (Lipinski definition) is 3. The Morgan fingerprint density at radius 2 is 1.76 bits per heavy atom. The maximum absolute atomic E-state index is 11.9. The molecule has 2 aromatic rings. The van der Waals surface area contributed by atoms with Crippen molar-refractivity contribution in [1.29, 1.82) is 0 Å². The van der Waals surface area contributed by atoms with Gasteiger partial charge in [-0.25, -0.2) is 0 Å². The van der Waals surface area contributed by atoms with E-state index in [0.717, 1.165) is 16.0 Å². The number of rotatable bonds is 6. The third kappa shape index (κ3) is 4.92. The SMILES string of the molecule is Cc1ccccc1SCC(=O)NCc1ccc(CO)cc1. The predicted molar refractivity (Wildman–Crippen MR) is 86.1 cm³/mol. The molecule has 0 aliphatic carbocycles. The van der Waals surface area contributed by atoms with Gasteiger partial charge in [-0.15, -0.1) is 11.8 Å². The molecule has 0 unspecified atom stereocenters. The molecule has 2 aromatic carbocycles. The number of aliphatic hydroxyl groups is 1. The number of benzene rings is 2. The molecule has 2 N–H and O–H groups in total. The van der Waals surface area contributed by atoms with E-state index in [-0.39, 0.29) is 12.5 Å². The number of nitrogens with one attached hydrogen (secondary N) is 1. The fourth-order valence-electron chi connectivity index (χ4n) is 1.88. The number of amides is 1. The van der Waals surface area contributed by atoms with Crippen LogP contribution in [-0.4, -0.2) is 16.8 Å². The average Bonchev–Trinajstić information content (AvgIpc) is 2.52. The Labute approximate surface area is 129 Å². The molecule has 0 aliphatic rings. The molecule has 110 valence electrons. The topological polar surface area (TPSA) is 49.3 Å². The summed E-state index contributed by atoms with van der Waals surface area (Å²) in [5.74, 6) is 0.439. The molecule has 2 rings (SSSR count). The number of aliphatic hydroxyl groups excluding tert-OH is 1. The van der Waals surface area contributed by atoms with Crippen LogP contribution in [0, 0.1) is 6.92 Å². The number of thioether (sulfide) groups is 1. The fourth-order valence-corrected chi connectivity index (χ4v) is 2.74. The molecular formula is C17H19NO2S. The van der Waals surface area contributed by atoms with Crippen LogP contribution in [0.4, 0.5) is 0 Å². The van der Waals surface area contributed by atoms with Crippen LogP contribution >= 0.6 is 11.8 Å². The molecule has 0 saturated carbocycles. The van der Waals surface area contributed by atoms with E-state index in [1.165, 1.54) is 5.56 Å². The van der Waals surface area contributed by atoms with Crippen molar-refractivity contribution in [2.45, 2.75) is 25.0 Å². The van der Waals surface area contributed by atoms with E-state index in [9.17, 15) is 4.79 Å². The average molecular weight is 301 g/mol. The van der Waals surface area contributed by atoms with Crippen molar-refractivity contribution in [3.8, 4) is 0 Å². The van der Waals surface area contributed by atoms with E-state index in [1.807, 2.05) is 55.5 Å². The Balaban J connectivity index is 1.78. The van der Waals surface area contributed by atoms with E-state index in [4.69, 9.17) is 5.11 Å². The molecule has 0 saturated heterocycles. The highest BCUT2D eigenvalue weighted by Crippen LogP contribution is 2.21. The lowest BCUT2D eigenvalue weighted by Crippen LogP contribution is -2.24. The van der Waals surface area contributed by atoms with E-state index in [2.05, 4.69) is 5.32 Å². The zero-order valence-corrected chi connectivity index (χ0v) is 12.8. The van der Waals surface area contributed by atoms with Crippen molar-refractivity contribution in [3.63, 3.8) is 0 Å². The smallest absolute Gasteiger partial charge is 0.230 e. The fraction of sp³-hybridized carbons (Fsp3) is 0.235. The molecule has 0 heterocycles. The van der Waals surface area contributed by atoms with E-state index < -0.39 is 0 Å². The number of hydrogen-bond donors (Lipinski definition) is 2. The lowest BCUT2D eigenvalue weighted by Gasteiger charge is -2.07. The van der Waals surface area contributed by atoms with Gasteiger partial charge in [0.05, 0.1) is 12.4 Å². The molecule has 0 aliphatic heterocycles. The Hall–Kier alpha value is -1.78. The molecule has 3 nitrogen and oxygen atoms in total. The van der Waals surface area contributed by atoms with E-state index >= 15 is 0 Å². The standard InChI is InChI=1S/C17H19NO2S/c1-13-4-2-3-5-16(13)21-12-17(20)18-10-14-6-8-15(11-19)9-7-14/h2-9,19H,10-12H2,1H3,(H,18,20). The molecular weight excluding hydrogens is 282 g/mol. The molecule has 0 bridgehead atoms. The summed E-state index contributed by atoms with van der Waals surface area (Å²) in [6, 6.07) is 15.6. The van der Waals surface area contributed by atoms with Gasteiger partial charge < -0.3 is 10.4 Å². The quantitative estimate of drug-likeness (QED) is 0.807. The van der Waals surface area contributed by atoms with Crippen molar-refractivity contribution in [2.24, 2.45) is 0 Å². The van der Waals surface area contributed by atoms with Crippen molar-refractivity contribution in [3.05, 3.63) is 65.2 Å². The van der Waals surface area contributed by atoms with Gasteiger partial charge in [0, 0.05) is 11.4 Å². The summed E-state index contributed by atoms with van der Waals surface area (Å²) in [5.41, 5.74) is 3.09. The number of carbonyl (C=O) groups excluding carboxylic acids is 1. The second-order valence-corrected chi connectivity index (χ2v) is 5.82. The first-order chi connectivity index (χ1) is 10.2. The summed E-state index contributed by atoms with van der Waals surface area (Å²) in [4.78, 5) is 13.0. The van der Waals surface area contributed by atoms with Gasteiger partial charge in [-0.1, -0.05) is 42.5 Å². The van der Waals surface area contributed by atoms with Gasteiger partial charge in [-0.3, -0.25) is 4.79 Å². The maximum atomic E-state index is 11.9. The Kier molecular flexibility index (Phi) is 5.84. The summed E-state index contributed by atoms with van der Waals surface area (Å²) < 4.78 is 0. The third-order valence-electron chi connectivity index (χ3n) is 3.15. The van der Waals surface area contributed by atoms with Crippen LogP contribution in [0.15, 0.2) is 53.4 Å². The van der Waals surface area contributed by atoms with E-state index in [1.54, 1.807) is 11.8 Å². The van der Waals surface area contributed by atoms with Crippen LogP contribution in [0.5, 0.6) is 0 Å². The van der Waals surface area contributed by atoms with Crippen molar-refractivity contribution in [1.82, 2.24) is 5.32 Å². The second-order valence-electron chi connectivity index (χ2n) is 4.81. The van der Waals surface area contributed by atoms with Crippen LogP contribution < -0.4 is 5.32 Å². The van der Waals surface area contributed by atoms with Crippen LogP contribution in [-0.2, 0) is 17.9 Å². The highest BCUT2D eigenvalue weighted by atomic mass is 32.2. The van der Waals surface area contributed by atoms with Gasteiger partial charge >= 0.3 is 0 Å². The third-order valence-corrected chi connectivity index (χ3v) is 4.32. The maximum Gasteiger partial charge on any atom is 0.230 e. The zero-order chi connectivity index (χ0) is 15.1. The van der Waals surface area contributed by atoms with Gasteiger partial charge in [-0.2, -0.15) is 0 Å². The highest BCUT2D eigenvalue weighted by Gasteiger charge is 2.04. The van der Waals surface area contributed by atoms with Gasteiger partial charge in [0.1, 0.15) is 0 Å². The van der Waals surface area contributed by atoms with Gasteiger partial charge in [0.15, 0.2) is 0 Å². The second kappa shape index (κ2) is 7.86. The molecule has 1 amide bonds. The molecule has 0 atom stereocenters. The minimum absolute atomic E-state index is 0.0227. The minimum atomic E-state index is 0.0227. The van der Waals surface area contributed by atoms with Crippen LogP contribution in [0.3, 0.4) is 0 Å². The Morgan fingerprint density at radius 1 is 1.10 bits per heavy atom. The molecule has 0 radical (unpaired) electrons. The Morgan fingerprint density at radius 3 is 2.43 bits per heavy atom. The monoisotopic (exact) mass is 301 g/mol. The summed E-state index contributed by atoms with van der Waals surface area (Å²) in [6.07, 6.45) is 0. The summed E-state index contributed by atoms with van der Waals surface area (Å²) in [7, 11) is 0.